The van der Waals surface area contributed by atoms with Gasteiger partial charge in [-0.1, -0.05) is 19.1 Å². The van der Waals surface area contributed by atoms with Gasteiger partial charge in [-0.15, -0.1) is 0 Å². The first-order valence-corrected chi connectivity index (χ1v) is 9.55. The third-order valence-electron chi connectivity index (χ3n) is 5.38. The smallest absolute Gasteiger partial charge is 0.303 e. The SMILES string of the molecule is CCC1OC(OCCC=CCC2C(=O)CCC2CC(=O)O)C(O)C(O)C1O. The molecule has 0 aromatic carbocycles. The minimum absolute atomic E-state index is 0.0248. The fraction of sp³-hybridized carbons (Fsp3) is 0.789. The van der Waals surface area contributed by atoms with Crippen molar-refractivity contribution in [1.82, 2.24) is 0 Å². The lowest BCUT2D eigenvalue weighted by molar-refractivity contribution is -0.296. The van der Waals surface area contributed by atoms with Crippen molar-refractivity contribution in [3.8, 4) is 0 Å². The van der Waals surface area contributed by atoms with Crippen molar-refractivity contribution >= 4 is 11.8 Å². The van der Waals surface area contributed by atoms with Crippen LogP contribution in [0.5, 0.6) is 0 Å². The van der Waals surface area contributed by atoms with Crippen molar-refractivity contribution in [1.29, 1.82) is 0 Å². The van der Waals surface area contributed by atoms with Crippen LogP contribution >= 0.6 is 0 Å². The molecule has 4 N–H and O–H groups in total. The highest BCUT2D eigenvalue weighted by Crippen LogP contribution is 2.34. The van der Waals surface area contributed by atoms with Gasteiger partial charge in [0.25, 0.3) is 0 Å². The topological polar surface area (TPSA) is 134 Å². The van der Waals surface area contributed by atoms with E-state index < -0.39 is 36.7 Å². The zero-order chi connectivity index (χ0) is 20.0. The standard InChI is InChI=1S/C19H30O8/c1-2-14-16(23)17(24)18(25)19(27-14)26-9-5-3-4-6-12-11(10-15(21)22)7-8-13(12)20/h3-4,11-12,14,16-19,23-25H,2,5-10H2,1H3,(H,21,22). The molecule has 7 unspecified atom stereocenters. The number of ether oxygens (including phenoxy) is 2. The van der Waals surface area contributed by atoms with Gasteiger partial charge in [-0.05, 0) is 31.6 Å². The second-order valence-corrected chi connectivity index (χ2v) is 7.26. The Balaban J connectivity index is 1.73. The second-order valence-electron chi connectivity index (χ2n) is 7.26. The molecule has 1 heterocycles. The van der Waals surface area contributed by atoms with E-state index in [1.165, 1.54) is 0 Å². The molecule has 8 heteroatoms. The van der Waals surface area contributed by atoms with Crippen LogP contribution in [0, 0.1) is 11.8 Å². The molecule has 0 aromatic heterocycles. The maximum absolute atomic E-state index is 11.9. The first-order valence-electron chi connectivity index (χ1n) is 9.55. The van der Waals surface area contributed by atoms with Gasteiger partial charge in [-0.25, -0.2) is 0 Å². The molecule has 0 bridgehead atoms. The maximum Gasteiger partial charge on any atom is 0.303 e. The molecule has 0 radical (unpaired) electrons. The predicted molar refractivity (Wildman–Crippen MR) is 94.8 cm³/mol. The minimum atomic E-state index is -1.32. The lowest BCUT2D eigenvalue weighted by Crippen LogP contribution is -2.58. The summed E-state index contributed by atoms with van der Waals surface area (Å²) in [5.74, 6) is -1.08. The Morgan fingerprint density at radius 3 is 2.63 bits per heavy atom. The number of aliphatic carboxylic acids is 1. The number of allylic oxidation sites excluding steroid dienone is 1. The first kappa shape index (κ1) is 22.0. The average Bonchev–Trinajstić information content (AvgIpc) is 2.96. The molecule has 27 heavy (non-hydrogen) atoms. The summed E-state index contributed by atoms with van der Waals surface area (Å²) in [4.78, 5) is 22.8. The Bertz CT molecular complexity index is 532. The van der Waals surface area contributed by atoms with Gasteiger partial charge < -0.3 is 29.9 Å². The average molecular weight is 386 g/mol. The Labute approximate surface area is 158 Å². The monoisotopic (exact) mass is 386 g/mol. The molecule has 2 aliphatic rings. The van der Waals surface area contributed by atoms with Crippen LogP contribution in [0.25, 0.3) is 0 Å². The molecular weight excluding hydrogens is 356 g/mol. The fourth-order valence-electron chi connectivity index (χ4n) is 3.77. The Kier molecular flexibility index (Phi) is 8.37. The van der Waals surface area contributed by atoms with Crippen LogP contribution in [0.1, 0.15) is 45.4 Å². The van der Waals surface area contributed by atoms with E-state index in [0.29, 0.717) is 32.1 Å². The molecule has 0 amide bonds. The lowest BCUT2D eigenvalue weighted by atomic mass is 9.89. The molecule has 0 spiro atoms. The molecule has 1 saturated carbocycles. The Morgan fingerprint density at radius 2 is 1.96 bits per heavy atom. The van der Waals surface area contributed by atoms with Crippen LogP contribution < -0.4 is 0 Å². The second kappa shape index (κ2) is 10.3. The van der Waals surface area contributed by atoms with Gasteiger partial charge in [0.05, 0.1) is 12.7 Å². The lowest BCUT2D eigenvalue weighted by Gasteiger charge is -2.40. The van der Waals surface area contributed by atoms with Gasteiger partial charge in [0.15, 0.2) is 6.29 Å². The number of Topliss-reactive ketones (excluding diaryl/α,β-unsaturated/α-hetero) is 1. The summed E-state index contributed by atoms with van der Waals surface area (Å²) in [5.41, 5.74) is 0. The molecule has 2 rings (SSSR count). The minimum Gasteiger partial charge on any atom is -0.481 e. The summed E-state index contributed by atoms with van der Waals surface area (Å²) in [6, 6.07) is 0. The Hall–Kier alpha value is -1.32. The number of ketones is 1. The number of carboxylic acid groups (broad SMARTS) is 1. The van der Waals surface area contributed by atoms with E-state index in [9.17, 15) is 24.9 Å². The van der Waals surface area contributed by atoms with E-state index in [0.717, 1.165) is 0 Å². The van der Waals surface area contributed by atoms with Crippen LogP contribution in [-0.2, 0) is 19.1 Å². The van der Waals surface area contributed by atoms with E-state index in [1.807, 2.05) is 12.2 Å². The van der Waals surface area contributed by atoms with E-state index in [4.69, 9.17) is 14.6 Å². The van der Waals surface area contributed by atoms with Crippen LogP contribution in [0.15, 0.2) is 12.2 Å². The number of hydrogen-bond acceptors (Lipinski definition) is 7. The molecule has 7 atom stereocenters. The molecular formula is C19H30O8. The van der Waals surface area contributed by atoms with Crippen molar-refractivity contribution in [2.24, 2.45) is 11.8 Å². The Morgan fingerprint density at radius 1 is 1.22 bits per heavy atom. The van der Waals surface area contributed by atoms with Crippen LogP contribution in [0.3, 0.4) is 0 Å². The summed E-state index contributed by atoms with van der Waals surface area (Å²) in [6.45, 7) is 2.05. The number of rotatable bonds is 9. The number of hydrogen-bond donors (Lipinski definition) is 4. The zero-order valence-electron chi connectivity index (χ0n) is 15.6. The molecule has 1 saturated heterocycles. The van der Waals surface area contributed by atoms with Gasteiger partial charge in [-0.3, -0.25) is 9.59 Å². The highest BCUT2D eigenvalue weighted by molar-refractivity contribution is 5.84. The fourth-order valence-corrected chi connectivity index (χ4v) is 3.77. The number of carboxylic acids is 1. The summed E-state index contributed by atoms with van der Waals surface area (Å²) >= 11 is 0. The normalized spacial score (nSPS) is 37.2. The van der Waals surface area contributed by atoms with E-state index >= 15 is 0 Å². The van der Waals surface area contributed by atoms with Crippen LogP contribution in [0.2, 0.25) is 0 Å². The van der Waals surface area contributed by atoms with Crippen LogP contribution in [0.4, 0.5) is 0 Å². The third kappa shape index (κ3) is 5.83. The van der Waals surface area contributed by atoms with E-state index in [-0.39, 0.29) is 30.6 Å². The largest absolute Gasteiger partial charge is 0.481 e. The molecule has 154 valence electrons. The highest BCUT2D eigenvalue weighted by atomic mass is 16.7. The number of carbonyl (C=O) groups excluding carboxylic acids is 1. The molecule has 0 aromatic rings. The molecule has 1 aliphatic heterocycles. The van der Waals surface area contributed by atoms with Crippen molar-refractivity contribution in [2.75, 3.05) is 6.61 Å². The van der Waals surface area contributed by atoms with Gasteiger partial charge >= 0.3 is 5.97 Å². The van der Waals surface area contributed by atoms with Crippen molar-refractivity contribution in [2.45, 2.75) is 76.2 Å². The molecule has 2 fully saturated rings. The molecule has 8 nitrogen and oxygen atoms in total. The third-order valence-corrected chi connectivity index (χ3v) is 5.38. The predicted octanol–water partition coefficient (Wildman–Crippen LogP) is 0.627. The van der Waals surface area contributed by atoms with Gasteiger partial charge in [-0.2, -0.15) is 0 Å². The number of aliphatic hydroxyl groups excluding tert-OH is 3. The molecule has 1 aliphatic carbocycles. The summed E-state index contributed by atoms with van der Waals surface area (Å²) in [7, 11) is 0. The maximum atomic E-state index is 11.9. The first-order chi connectivity index (χ1) is 12.8. The summed E-state index contributed by atoms with van der Waals surface area (Å²) < 4.78 is 11.0. The summed E-state index contributed by atoms with van der Waals surface area (Å²) in [6.07, 6.45) is 0.958. The van der Waals surface area contributed by atoms with Gasteiger partial charge in [0, 0.05) is 18.8 Å². The number of carbonyl (C=O) groups is 2. The zero-order valence-corrected chi connectivity index (χ0v) is 15.6. The quantitative estimate of drug-likeness (QED) is 0.335. The van der Waals surface area contributed by atoms with Crippen molar-refractivity contribution in [3.63, 3.8) is 0 Å². The number of aliphatic hydroxyl groups is 3. The van der Waals surface area contributed by atoms with Crippen molar-refractivity contribution < 1.29 is 39.5 Å². The summed E-state index contributed by atoms with van der Waals surface area (Å²) in [5, 5.41) is 38.5. The van der Waals surface area contributed by atoms with Gasteiger partial charge in [0.2, 0.25) is 0 Å². The van der Waals surface area contributed by atoms with Gasteiger partial charge in [0.1, 0.15) is 24.1 Å². The van der Waals surface area contributed by atoms with Crippen LogP contribution in [-0.4, -0.2) is 69.5 Å². The highest BCUT2D eigenvalue weighted by Gasteiger charge is 2.43. The van der Waals surface area contributed by atoms with E-state index in [2.05, 4.69) is 0 Å². The van der Waals surface area contributed by atoms with E-state index in [1.54, 1.807) is 6.92 Å². The van der Waals surface area contributed by atoms with Crippen molar-refractivity contribution in [3.05, 3.63) is 12.2 Å².